The molecule has 1 aromatic carbocycles. The number of thiophene rings is 1. The Bertz CT molecular complexity index is 822. The summed E-state index contributed by atoms with van der Waals surface area (Å²) in [6.45, 7) is 0. The number of carboxylic acids is 1. The predicted octanol–water partition coefficient (Wildman–Crippen LogP) is 3.75. The average molecular weight is 506 g/mol. The van der Waals surface area contributed by atoms with Crippen LogP contribution in [0.15, 0.2) is 32.9 Å². The summed E-state index contributed by atoms with van der Waals surface area (Å²) in [5, 5.41) is 8.88. The van der Waals surface area contributed by atoms with Crippen molar-refractivity contribution in [2.24, 2.45) is 0 Å². The van der Waals surface area contributed by atoms with Gasteiger partial charge < -0.3 is 5.11 Å². The van der Waals surface area contributed by atoms with E-state index in [0.717, 1.165) is 23.5 Å². The van der Waals surface area contributed by atoms with Gasteiger partial charge in [0.15, 0.2) is 0 Å². The van der Waals surface area contributed by atoms with Crippen molar-refractivity contribution >= 4 is 71.5 Å². The Morgan fingerprint density at radius 1 is 1.38 bits per heavy atom. The largest absolute Gasteiger partial charge is 0.477 e. The third-order valence-electron chi connectivity index (χ3n) is 2.33. The molecule has 0 atom stereocenters. The summed E-state index contributed by atoms with van der Waals surface area (Å²) in [4.78, 5) is 10.6. The Labute approximate surface area is 145 Å². The summed E-state index contributed by atoms with van der Waals surface area (Å²) < 4.78 is 40.4. The van der Waals surface area contributed by atoms with E-state index in [9.17, 15) is 17.6 Å². The van der Waals surface area contributed by atoms with Crippen molar-refractivity contribution in [2.45, 2.75) is 4.90 Å². The second-order valence-corrected chi connectivity index (χ2v) is 8.97. The molecular formula is C11H6BrFINO4S2. The van der Waals surface area contributed by atoms with Gasteiger partial charge in [0, 0.05) is 3.57 Å². The molecule has 2 rings (SSSR count). The minimum absolute atomic E-state index is 0.101. The number of carbonyl (C=O) groups is 1. The molecule has 5 nitrogen and oxygen atoms in total. The fourth-order valence-electron chi connectivity index (χ4n) is 1.41. The van der Waals surface area contributed by atoms with E-state index >= 15 is 0 Å². The maximum Gasteiger partial charge on any atom is 0.345 e. The van der Waals surface area contributed by atoms with Gasteiger partial charge >= 0.3 is 5.97 Å². The lowest BCUT2D eigenvalue weighted by Gasteiger charge is -2.09. The van der Waals surface area contributed by atoms with Crippen LogP contribution in [0.5, 0.6) is 0 Å². The molecular weight excluding hydrogens is 500 g/mol. The number of sulfonamides is 1. The number of aromatic carboxylic acids is 1. The lowest BCUT2D eigenvalue weighted by molar-refractivity contribution is 0.0702. The SMILES string of the molecule is O=C(O)c1cc(S(=O)(=O)Nc2ccc(F)cc2I)c(Br)s1. The summed E-state index contributed by atoms with van der Waals surface area (Å²) in [7, 11) is -3.97. The van der Waals surface area contributed by atoms with Crippen molar-refractivity contribution in [3.8, 4) is 0 Å². The third kappa shape index (κ3) is 3.73. The zero-order valence-electron chi connectivity index (χ0n) is 9.93. The van der Waals surface area contributed by atoms with Gasteiger partial charge in [0.05, 0.1) is 9.47 Å². The number of hydrogen-bond acceptors (Lipinski definition) is 4. The number of rotatable bonds is 4. The van der Waals surface area contributed by atoms with E-state index in [1.165, 1.54) is 12.1 Å². The highest BCUT2D eigenvalue weighted by atomic mass is 127. The van der Waals surface area contributed by atoms with Gasteiger partial charge in [-0.05, 0) is 62.8 Å². The Balaban J connectivity index is 2.41. The van der Waals surface area contributed by atoms with Crippen LogP contribution < -0.4 is 4.72 Å². The highest BCUT2D eigenvalue weighted by Crippen LogP contribution is 2.33. The first-order valence-electron chi connectivity index (χ1n) is 5.21. The molecule has 2 aromatic rings. The lowest BCUT2D eigenvalue weighted by atomic mass is 10.3. The molecule has 0 amide bonds. The van der Waals surface area contributed by atoms with E-state index in [1.54, 1.807) is 22.6 Å². The van der Waals surface area contributed by atoms with Gasteiger partial charge in [0.25, 0.3) is 10.0 Å². The summed E-state index contributed by atoms with van der Waals surface area (Å²) >= 11 is 5.64. The van der Waals surface area contributed by atoms with Crippen LogP contribution >= 0.6 is 49.9 Å². The van der Waals surface area contributed by atoms with Gasteiger partial charge in [0.2, 0.25) is 0 Å². The van der Waals surface area contributed by atoms with Crippen LogP contribution in [0.2, 0.25) is 0 Å². The van der Waals surface area contributed by atoms with E-state index in [1.807, 2.05) is 0 Å². The number of nitrogens with one attached hydrogen (secondary N) is 1. The molecule has 0 saturated carbocycles. The first-order chi connectivity index (χ1) is 9.70. The molecule has 112 valence electrons. The molecule has 2 N–H and O–H groups in total. The number of carboxylic acid groups (broad SMARTS) is 1. The van der Waals surface area contributed by atoms with Gasteiger partial charge in [-0.15, -0.1) is 11.3 Å². The predicted molar refractivity (Wildman–Crippen MR) is 88.9 cm³/mol. The van der Waals surface area contributed by atoms with Gasteiger partial charge in [-0.2, -0.15) is 0 Å². The Hall–Kier alpha value is -0.720. The normalized spacial score (nSPS) is 11.4. The second kappa shape index (κ2) is 6.18. The third-order valence-corrected chi connectivity index (χ3v) is 6.83. The maximum absolute atomic E-state index is 13.0. The molecule has 0 radical (unpaired) electrons. The van der Waals surface area contributed by atoms with E-state index in [0.29, 0.717) is 3.57 Å². The molecule has 0 spiro atoms. The smallest absolute Gasteiger partial charge is 0.345 e. The molecule has 0 saturated heterocycles. The Morgan fingerprint density at radius 3 is 2.57 bits per heavy atom. The monoisotopic (exact) mass is 505 g/mol. The van der Waals surface area contributed by atoms with Crippen molar-refractivity contribution in [3.63, 3.8) is 0 Å². The molecule has 21 heavy (non-hydrogen) atoms. The van der Waals surface area contributed by atoms with Crippen LogP contribution in [0.1, 0.15) is 9.67 Å². The average Bonchev–Trinajstić information content (AvgIpc) is 2.76. The number of hydrogen-bond donors (Lipinski definition) is 2. The Morgan fingerprint density at radius 2 is 2.05 bits per heavy atom. The van der Waals surface area contributed by atoms with Crippen molar-refractivity contribution in [1.82, 2.24) is 0 Å². The van der Waals surface area contributed by atoms with Crippen LogP contribution in [-0.4, -0.2) is 19.5 Å². The summed E-state index contributed by atoms with van der Waals surface area (Å²) in [6, 6.07) is 4.68. The quantitative estimate of drug-likeness (QED) is 0.620. The van der Waals surface area contributed by atoms with Gasteiger partial charge in [-0.3, -0.25) is 4.72 Å². The fraction of sp³-hybridized carbons (Fsp3) is 0. The first kappa shape index (κ1) is 16.6. The highest BCUT2D eigenvalue weighted by Gasteiger charge is 2.24. The van der Waals surface area contributed by atoms with E-state index in [2.05, 4.69) is 20.7 Å². The van der Waals surface area contributed by atoms with Gasteiger partial charge in [-0.1, -0.05) is 0 Å². The molecule has 0 fully saturated rings. The number of anilines is 1. The molecule has 1 heterocycles. The minimum atomic E-state index is -3.97. The highest BCUT2D eigenvalue weighted by molar-refractivity contribution is 14.1. The standard InChI is InChI=1S/C11H6BrFINO4S2/c12-10-9(4-8(20-10)11(16)17)21(18,19)15-7-2-1-5(13)3-6(7)14/h1-4,15H,(H,16,17). The van der Waals surface area contributed by atoms with Gasteiger partial charge in [-0.25, -0.2) is 17.6 Å². The summed E-state index contributed by atoms with van der Waals surface area (Å²) in [6.07, 6.45) is 0. The topological polar surface area (TPSA) is 83.5 Å². The van der Waals surface area contributed by atoms with Crippen molar-refractivity contribution < 1.29 is 22.7 Å². The molecule has 0 unspecified atom stereocenters. The number of benzene rings is 1. The first-order valence-corrected chi connectivity index (χ1v) is 9.38. The van der Waals surface area contributed by atoms with Crippen molar-refractivity contribution in [2.75, 3.05) is 4.72 Å². The molecule has 0 aliphatic rings. The fourth-order valence-corrected chi connectivity index (χ4v) is 5.69. The van der Waals surface area contributed by atoms with Crippen LogP contribution in [0, 0.1) is 9.39 Å². The minimum Gasteiger partial charge on any atom is -0.477 e. The van der Waals surface area contributed by atoms with Crippen LogP contribution in [-0.2, 0) is 10.0 Å². The van der Waals surface area contributed by atoms with E-state index in [-0.39, 0.29) is 19.2 Å². The molecule has 0 aliphatic heterocycles. The zero-order valence-corrected chi connectivity index (χ0v) is 15.3. The summed E-state index contributed by atoms with van der Waals surface area (Å²) in [5.41, 5.74) is 0.215. The van der Waals surface area contributed by atoms with E-state index < -0.39 is 21.8 Å². The maximum atomic E-state index is 13.0. The van der Waals surface area contributed by atoms with Crippen LogP contribution in [0.3, 0.4) is 0 Å². The van der Waals surface area contributed by atoms with Crippen LogP contribution in [0.4, 0.5) is 10.1 Å². The molecule has 0 aliphatic carbocycles. The Kier molecular flexibility index (Phi) is 4.90. The number of halogens is 3. The molecule has 1 aromatic heterocycles. The lowest BCUT2D eigenvalue weighted by Crippen LogP contribution is -2.13. The second-order valence-electron chi connectivity index (χ2n) is 3.78. The van der Waals surface area contributed by atoms with Crippen LogP contribution in [0.25, 0.3) is 0 Å². The summed E-state index contributed by atoms with van der Waals surface area (Å²) in [5.74, 6) is -1.69. The molecule has 10 heteroatoms. The molecule has 0 bridgehead atoms. The van der Waals surface area contributed by atoms with E-state index in [4.69, 9.17) is 5.11 Å². The van der Waals surface area contributed by atoms with Gasteiger partial charge in [0.1, 0.15) is 15.6 Å². The zero-order chi connectivity index (χ0) is 15.8. The van der Waals surface area contributed by atoms with Crippen molar-refractivity contribution in [1.29, 1.82) is 0 Å². The van der Waals surface area contributed by atoms with Crippen molar-refractivity contribution in [3.05, 3.63) is 42.3 Å².